The fourth-order valence-corrected chi connectivity index (χ4v) is 4.87. The van der Waals surface area contributed by atoms with Crippen LogP contribution in [0.25, 0.3) is 0 Å². The lowest BCUT2D eigenvalue weighted by molar-refractivity contribution is -0.115. The maximum Gasteiger partial charge on any atom is 0.266 e. The van der Waals surface area contributed by atoms with Crippen LogP contribution in [0.2, 0.25) is 0 Å². The second-order valence-electron chi connectivity index (χ2n) is 6.80. The van der Waals surface area contributed by atoms with Crippen molar-refractivity contribution >= 4 is 27.3 Å². The van der Waals surface area contributed by atoms with Crippen LogP contribution < -0.4 is 14.4 Å². The third-order valence-corrected chi connectivity index (χ3v) is 6.62. The lowest BCUT2D eigenvalue weighted by atomic mass is 10.1. The Kier molecular flexibility index (Phi) is 7.31. The molecule has 3 rings (SSSR count). The Balaban J connectivity index is 1.81. The minimum Gasteiger partial charge on any atom is -0.494 e. The molecule has 0 heterocycles. The van der Waals surface area contributed by atoms with Crippen LogP contribution in [0.3, 0.4) is 0 Å². The van der Waals surface area contributed by atoms with E-state index in [0.29, 0.717) is 12.3 Å². The van der Waals surface area contributed by atoms with E-state index in [1.807, 2.05) is 37.3 Å². The summed E-state index contributed by atoms with van der Waals surface area (Å²) < 4.78 is 33.5. The molecule has 0 fully saturated rings. The van der Waals surface area contributed by atoms with Crippen LogP contribution in [0.5, 0.6) is 5.75 Å². The van der Waals surface area contributed by atoms with E-state index in [-0.39, 0.29) is 29.5 Å². The molecule has 31 heavy (non-hydrogen) atoms. The number of carbonyl (C=O) groups is 1. The standard InChI is InChI=1S/C24H26N2O4S/c1-3-26(20-10-6-5-7-11-20)31(28,29)23-13-9-8-12-22(23)25-24(27)18-19-14-16-21(17-15-19)30-4-2/h5-17H,3-4,18H2,1-2H3,(H,25,27). The van der Waals surface area contributed by atoms with Crippen molar-refractivity contribution in [2.45, 2.75) is 25.2 Å². The molecule has 0 aliphatic carbocycles. The molecule has 0 spiro atoms. The minimum absolute atomic E-state index is 0.0562. The van der Waals surface area contributed by atoms with Crippen molar-refractivity contribution in [1.82, 2.24) is 0 Å². The number of nitrogens with zero attached hydrogens (tertiary/aromatic N) is 1. The molecule has 0 bridgehead atoms. The minimum atomic E-state index is -3.86. The second kappa shape index (κ2) is 10.1. The monoisotopic (exact) mass is 438 g/mol. The summed E-state index contributed by atoms with van der Waals surface area (Å²) in [5, 5.41) is 2.76. The zero-order valence-electron chi connectivity index (χ0n) is 17.6. The van der Waals surface area contributed by atoms with Crippen LogP contribution in [0.4, 0.5) is 11.4 Å². The van der Waals surface area contributed by atoms with E-state index in [9.17, 15) is 13.2 Å². The van der Waals surface area contributed by atoms with Gasteiger partial charge in [-0.05, 0) is 55.8 Å². The van der Waals surface area contributed by atoms with Crippen molar-refractivity contribution in [3.05, 3.63) is 84.4 Å². The Morgan fingerprint density at radius 3 is 2.19 bits per heavy atom. The van der Waals surface area contributed by atoms with Crippen molar-refractivity contribution in [2.24, 2.45) is 0 Å². The second-order valence-corrected chi connectivity index (χ2v) is 8.63. The molecule has 3 aromatic rings. The zero-order valence-corrected chi connectivity index (χ0v) is 18.4. The van der Waals surface area contributed by atoms with Gasteiger partial charge in [0.05, 0.1) is 24.4 Å². The quantitative estimate of drug-likeness (QED) is 0.534. The van der Waals surface area contributed by atoms with Crippen molar-refractivity contribution in [3.8, 4) is 5.75 Å². The third kappa shape index (κ3) is 5.44. The van der Waals surface area contributed by atoms with Crippen molar-refractivity contribution < 1.29 is 17.9 Å². The summed E-state index contributed by atoms with van der Waals surface area (Å²) >= 11 is 0. The average molecular weight is 439 g/mol. The van der Waals surface area contributed by atoms with Gasteiger partial charge < -0.3 is 10.1 Å². The molecular weight excluding hydrogens is 412 g/mol. The van der Waals surface area contributed by atoms with Gasteiger partial charge in [-0.2, -0.15) is 0 Å². The lowest BCUT2D eigenvalue weighted by Gasteiger charge is -2.24. The van der Waals surface area contributed by atoms with Gasteiger partial charge in [0.15, 0.2) is 0 Å². The fraction of sp³-hybridized carbons (Fsp3) is 0.208. The smallest absolute Gasteiger partial charge is 0.266 e. The van der Waals surface area contributed by atoms with Crippen LogP contribution in [-0.4, -0.2) is 27.5 Å². The highest BCUT2D eigenvalue weighted by Crippen LogP contribution is 2.28. The first-order valence-electron chi connectivity index (χ1n) is 10.1. The molecule has 0 atom stereocenters. The Morgan fingerprint density at radius 2 is 1.55 bits per heavy atom. The first-order chi connectivity index (χ1) is 15.0. The number of amides is 1. The number of benzene rings is 3. The number of hydrogen-bond acceptors (Lipinski definition) is 4. The summed E-state index contributed by atoms with van der Waals surface area (Å²) in [6, 6.07) is 22.6. The normalized spacial score (nSPS) is 11.0. The number of rotatable bonds is 9. The third-order valence-electron chi connectivity index (χ3n) is 4.66. The zero-order chi connectivity index (χ0) is 22.3. The predicted molar refractivity (Wildman–Crippen MR) is 123 cm³/mol. The number of carbonyl (C=O) groups excluding carboxylic acids is 1. The molecule has 0 aromatic heterocycles. The Hall–Kier alpha value is -3.32. The van der Waals surface area contributed by atoms with Gasteiger partial charge in [0, 0.05) is 6.54 Å². The molecule has 6 nitrogen and oxygen atoms in total. The summed E-state index contributed by atoms with van der Waals surface area (Å²) in [5.74, 6) is 0.443. The maximum atomic E-state index is 13.4. The molecule has 1 amide bonds. The van der Waals surface area contributed by atoms with E-state index in [4.69, 9.17) is 4.74 Å². The van der Waals surface area contributed by atoms with Gasteiger partial charge in [0.25, 0.3) is 10.0 Å². The van der Waals surface area contributed by atoms with Crippen LogP contribution in [0, 0.1) is 0 Å². The SMILES string of the molecule is CCOc1ccc(CC(=O)Nc2ccccc2S(=O)(=O)N(CC)c2ccccc2)cc1. The molecule has 0 saturated heterocycles. The Labute approximate surface area is 183 Å². The molecule has 0 saturated carbocycles. The first-order valence-corrected chi connectivity index (χ1v) is 11.6. The van der Waals surface area contributed by atoms with Crippen molar-refractivity contribution in [2.75, 3.05) is 22.8 Å². The molecule has 3 aromatic carbocycles. The number of sulfonamides is 1. The van der Waals surface area contributed by atoms with E-state index in [1.54, 1.807) is 49.4 Å². The van der Waals surface area contributed by atoms with E-state index in [1.165, 1.54) is 10.4 Å². The van der Waals surface area contributed by atoms with Gasteiger partial charge in [-0.3, -0.25) is 9.10 Å². The number of ether oxygens (including phenoxy) is 1. The highest BCUT2D eigenvalue weighted by Gasteiger charge is 2.26. The van der Waals surface area contributed by atoms with Crippen LogP contribution in [0.1, 0.15) is 19.4 Å². The van der Waals surface area contributed by atoms with E-state index >= 15 is 0 Å². The van der Waals surface area contributed by atoms with Gasteiger partial charge in [-0.1, -0.05) is 42.5 Å². The largest absolute Gasteiger partial charge is 0.494 e. The summed E-state index contributed by atoms with van der Waals surface area (Å²) in [4.78, 5) is 12.7. The molecule has 0 aliphatic heterocycles. The Morgan fingerprint density at radius 1 is 0.903 bits per heavy atom. The van der Waals surface area contributed by atoms with Gasteiger partial charge in [-0.25, -0.2) is 8.42 Å². The van der Waals surface area contributed by atoms with E-state index in [0.717, 1.165) is 11.3 Å². The maximum absolute atomic E-state index is 13.4. The lowest BCUT2D eigenvalue weighted by Crippen LogP contribution is -2.31. The van der Waals surface area contributed by atoms with Gasteiger partial charge in [0.1, 0.15) is 10.6 Å². The molecular formula is C24H26N2O4S. The topological polar surface area (TPSA) is 75.7 Å². The molecule has 162 valence electrons. The first kappa shape index (κ1) is 22.4. The van der Waals surface area contributed by atoms with Crippen molar-refractivity contribution in [1.29, 1.82) is 0 Å². The van der Waals surface area contributed by atoms with Crippen LogP contribution in [0.15, 0.2) is 83.8 Å². The predicted octanol–water partition coefficient (Wildman–Crippen LogP) is 4.48. The fourth-order valence-electron chi connectivity index (χ4n) is 3.25. The van der Waals surface area contributed by atoms with Gasteiger partial charge in [-0.15, -0.1) is 0 Å². The number of hydrogen-bond donors (Lipinski definition) is 1. The molecule has 0 unspecified atom stereocenters. The summed E-state index contributed by atoms with van der Waals surface area (Å²) in [6.07, 6.45) is 0.122. The molecule has 1 N–H and O–H groups in total. The number of anilines is 2. The number of nitrogens with one attached hydrogen (secondary N) is 1. The van der Waals surface area contributed by atoms with Crippen LogP contribution in [-0.2, 0) is 21.2 Å². The molecule has 0 aliphatic rings. The van der Waals surface area contributed by atoms with E-state index in [2.05, 4.69) is 5.32 Å². The van der Waals surface area contributed by atoms with E-state index < -0.39 is 10.0 Å². The number of para-hydroxylation sites is 2. The molecule has 0 radical (unpaired) electrons. The Bertz CT molecular complexity index is 1110. The summed E-state index contributed by atoms with van der Waals surface area (Å²) in [7, 11) is -3.86. The average Bonchev–Trinajstić information content (AvgIpc) is 2.76. The van der Waals surface area contributed by atoms with Crippen molar-refractivity contribution in [3.63, 3.8) is 0 Å². The molecule has 7 heteroatoms. The highest BCUT2D eigenvalue weighted by atomic mass is 32.2. The van der Waals surface area contributed by atoms with Crippen LogP contribution >= 0.6 is 0 Å². The summed E-state index contributed by atoms with van der Waals surface area (Å²) in [5.41, 5.74) is 1.63. The van der Waals surface area contributed by atoms with Gasteiger partial charge in [0.2, 0.25) is 5.91 Å². The summed E-state index contributed by atoms with van der Waals surface area (Å²) in [6.45, 7) is 4.52. The van der Waals surface area contributed by atoms with Gasteiger partial charge >= 0.3 is 0 Å². The highest BCUT2D eigenvalue weighted by molar-refractivity contribution is 7.93.